The van der Waals surface area contributed by atoms with Crippen molar-refractivity contribution in [3.63, 3.8) is 0 Å². The van der Waals surface area contributed by atoms with Gasteiger partial charge in [0.2, 0.25) is 0 Å². The Morgan fingerprint density at radius 2 is 1.92 bits per heavy atom. The van der Waals surface area contributed by atoms with Crippen molar-refractivity contribution in [2.45, 2.75) is 25.8 Å². The molecule has 1 aromatic rings. The molecule has 0 spiro atoms. The lowest BCUT2D eigenvalue weighted by Gasteiger charge is -2.21. The van der Waals surface area contributed by atoms with E-state index in [9.17, 15) is 0 Å². The van der Waals surface area contributed by atoms with E-state index in [4.69, 9.17) is 0 Å². The Morgan fingerprint density at radius 1 is 1.23 bits per heavy atom. The first-order valence-corrected chi connectivity index (χ1v) is 5.04. The third kappa shape index (κ3) is 1.75. The molecular weight excluding hydrogens is 158 g/mol. The van der Waals surface area contributed by atoms with Gasteiger partial charge >= 0.3 is 0 Å². The first-order chi connectivity index (χ1) is 6.27. The zero-order chi connectivity index (χ0) is 9.26. The van der Waals surface area contributed by atoms with Gasteiger partial charge < -0.3 is 4.90 Å². The zero-order valence-electron chi connectivity index (χ0n) is 8.46. The molecule has 0 aliphatic carbocycles. The van der Waals surface area contributed by atoms with Crippen molar-refractivity contribution >= 4 is 0 Å². The van der Waals surface area contributed by atoms with Crippen molar-refractivity contribution in [3.05, 3.63) is 35.4 Å². The van der Waals surface area contributed by atoms with Gasteiger partial charge in [-0.2, -0.15) is 0 Å². The monoisotopic (exact) mass is 175 g/mol. The Morgan fingerprint density at radius 3 is 2.69 bits per heavy atom. The molecule has 2 rings (SSSR count). The van der Waals surface area contributed by atoms with Crippen LogP contribution >= 0.6 is 0 Å². The average Bonchev–Trinajstić information content (AvgIpc) is 2.28. The van der Waals surface area contributed by atoms with Gasteiger partial charge in [0.05, 0.1) is 0 Å². The van der Waals surface area contributed by atoms with Crippen molar-refractivity contribution in [2.24, 2.45) is 0 Å². The molecule has 0 bridgehead atoms. The van der Waals surface area contributed by atoms with E-state index in [1.807, 2.05) is 0 Å². The maximum atomic E-state index is 2.44. The summed E-state index contributed by atoms with van der Waals surface area (Å²) in [5.41, 5.74) is 3.08. The molecule has 13 heavy (non-hydrogen) atoms. The van der Waals surface area contributed by atoms with Gasteiger partial charge in [-0.05, 0) is 37.9 Å². The third-order valence-electron chi connectivity index (χ3n) is 3.12. The highest BCUT2D eigenvalue weighted by Crippen LogP contribution is 2.18. The Balaban J connectivity index is 2.29. The molecule has 1 aliphatic rings. The molecule has 0 N–H and O–H groups in total. The van der Waals surface area contributed by atoms with Gasteiger partial charge in [-0.25, -0.2) is 0 Å². The van der Waals surface area contributed by atoms with Crippen LogP contribution in [0.15, 0.2) is 24.3 Å². The third-order valence-corrected chi connectivity index (χ3v) is 3.12. The highest BCUT2D eigenvalue weighted by Gasteiger charge is 2.16. The molecule has 0 fully saturated rings. The molecule has 1 heterocycles. The molecule has 1 atom stereocenters. The van der Waals surface area contributed by atoms with E-state index >= 15 is 0 Å². The maximum absolute atomic E-state index is 2.44. The fraction of sp³-hybridized carbons (Fsp3) is 0.500. The summed E-state index contributed by atoms with van der Waals surface area (Å²) < 4.78 is 0. The minimum absolute atomic E-state index is 0.684. The topological polar surface area (TPSA) is 3.24 Å². The molecule has 1 unspecified atom stereocenters. The van der Waals surface area contributed by atoms with E-state index < -0.39 is 0 Å². The smallest absolute Gasteiger partial charge is 0.0104 e. The summed E-state index contributed by atoms with van der Waals surface area (Å²) in [6.45, 7) is 3.50. The molecule has 1 nitrogen and oxygen atoms in total. The second-order valence-corrected chi connectivity index (χ2v) is 4.05. The van der Waals surface area contributed by atoms with Crippen molar-refractivity contribution in [3.8, 4) is 0 Å². The van der Waals surface area contributed by atoms with Gasteiger partial charge in [-0.1, -0.05) is 24.3 Å². The molecule has 0 saturated carbocycles. The number of fused-ring (bicyclic) bond motifs is 1. The summed E-state index contributed by atoms with van der Waals surface area (Å²) in [7, 11) is 2.22. The normalized spacial score (nSPS) is 23.7. The Labute approximate surface area is 80.4 Å². The number of hydrogen-bond donors (Lipinski definition) is 0. The summed E-state index contributed by atoms with van der Waals surface area (Å²) in [5, 5.41) is 0. The number of hydrogen-bond acceptors (Lipinski definition) is 1. The lowest BCUT2D eigenvalue weighted by atomic mass is 10.0. The fourth-order valence-corrected chi connectivity index (χ4v) is 1.99. The zero-order valence-corrected chi connectivity index (χ0v) is 8.46. The van der Waals surface area contributed by atoms with Gasteiger partial charge in [0.15, 0.2) is 0 Å². The summed E-state index contributed by atoms with van der Waals surface area (Å²) >= 11 is 0. The summed E-state index contributed by atoms with van der Waals surface area (Å²) in [6.07, 6.45) is 2.41. The maximum Gasteiger partial charge on any atom is 0.0104 e. The van der Waals surface area contributed by atoms with Gasteiger partial charge in [-0.15, -0.1) is 0 Å². The minimum Gasteiger partial charge on any atom is -0.303 e. The number of benzene rings is 1. The van der Waals surface area contributed by atoms with Gasteiger partial charge in [-0.3, -0.25) is 0 Å². The van der Waals surface area contributed by atoms with Crippen molar-refractivity contribution in [1.29, 1.82) is 0 Å². The van der Waals surface area contributed by atoms with E-state index in [1.165, 1.54) is 19.4 Å². The highest BCUT2D eigenvalue weighted by atomic mass is 15.1. The minimum atomic E-state index is 0.684. The molecule has 0 radical (unpaired) electrons. The van der Waals surface area contributed by atoms with Gasteiger partial charge in [0.1, 0.15) is 0 Å². The molecular formula is C12H17N. The van der Waals surface area contributed by atoms with E-state index in [1.54, 1.807) is 11.1 Å². The van der Waals surface area contributed by atoms with Crippen LogP contribution in [0.4, 0.5) is 0 Å². The number of nitrogens with zero attached hydrogens (tertiary/aromatic N) is 1. The van der Waals surface area contributed by atoms with E-state index in [0.29, 0.717) is 6.04 Å². The fourth-order valence-electron chi connectivity index (χ4n) is 1.99. The highest BCUT2D eigenvalue weighted by molar-refractivity contribution is 5.29. The quantitative estimate of drug-likeness (QED) is 0.583. The molecule has 1 heteroatoms. The lowest BCUT2D eigenvalue weighted by molar-refractivity contribution is 0.268. The molecule has 1 aromatic carbocycles. The SMILES string of the molecule is CC1Cc2ccccc2CCN1C. The second-order valence-electron chi connectivity index (χ2n) is 4.05. The van der Waals surface area contributed by atoms with Crippen LogP contribution in [0.3, 0.4) is 0 Å². The van der Waals surface area contributed by atoms with Crippen LogP contribution in [-0.4, -0.2) is 24.5 Å². The largest absolute Gasteiger partial charge is 0.303 e. The van der Waals surface area contributed by atoms with Crippen molar-refractivity contribution < 1.29 is 0 Å². The molecule has 0 aromatic heterocycles. The van der Waals surface area contributed by atoms with Crippen molar-refractivity contribution in [2.75, 3.05) is 13.6 Å². The molecule has 0 amide bonds. The first kappa shape index (κ1) is 8.76. The Bertz CT molecular complexity index is 293. The summed E-state index contributed by atoms with van der Waals surface area (Å²) in [6, 6.07) is 9.52. The van der Waals surface area contributed by atoms with Crippen LogP contribution in [-0.2, 0) is 12.8 Å². The van der Waals surface area contributed by atoms with Crippen LogP contribution in [0.25, 0.3) is 0 Å². The first-order valence-electron chi connectivity index (χ1n) is 5.04. The van der Waals surface area contributed by atoms with E-state index in [-0.39, 0.29) is 0 Å². The van der Waals surface area contributed by atoms with Crippen LogP contribution in [0.5, 0.6) is 0 Å². The average molecular weight is 175 g/mol. The van der Waals surface area contributed by atoms with Crippen molar-refractivity contribution in [1.82, 2.24) is 4.90 Å². The summed E-state index contributed by atoms with van der Waals surface area (Å²) in [4.78, 5) is 2.44. The van der Waals surface area contributed by atoms with E-state index in [2.05, 4.69) is 43.1 Å². The molecule has 0 saturated heterocycles. The summed E-state index contributed by atoms with van der Waals surface area (Å²) in [5.74, 6) is 0. The standard InChI is InChI=1S/C12H17N/c1-10-9-12-6-4-3-5-11(12)7-8-13(10)2/h3-6,10H,7-9H2,1-2H3. The molecule has 70 valence electrons. The molecule has 1 aliphatic heterocycles. The predicted octanol–water partition coefficient (Wildman–Crippen LogP) is 2.11. The van der Waals surface area contributed by atoms with Crippen LogP contribution < -0.4 is 0 Å². The Kier molecular flexibility index (Phi) is 2.36. The number of rotatable bonds is 0. The van der Waals surface area contributed by atoms with Crippen LogP contribution in [0, 0.1) is 0 Å². The number of likely N-dealkylation sites (N-methyl/N-ethyl adjacent to an activating group) is 1. The van der Waals surface area contributed by atoms with Crippen LogP contribution in [0.2, 0.25) is 0 Å². The predicted molar refractivity (Wildman–Crippen MR) is 55.9 cm³/mol. The van der Waals surface area contributed by atoms with E-state index in [0.717, 1.165) is 0 Å². The van der Waals surface area contributed by atoms with Gasteiger partial charge in [0.25, 0.3) is 0 Å². The Hall–Kier alpha value is -0.820. The van der Waals surface area contributed by atoms with Crippen LogP contribution in [0.1, 0.15) is 18.1 Å². The second kappa shape index (κ2) is 3.51. The van der Waals surface area contributed by atoms with Gasteiger partial charge in [0, 0.05) is 12.6 Å². The lowest BCUT2D eigenvalue weighted by Crippen LogP contribution is -2.30.